The quantitative estimate of drug-likeness (QED) is 0.419. The van der Waals surface area contributed by atoms with Crippen LogP contribution in [0.5, 0.6) is 0 Å². The highest BCUT2D eigenvalue weighted by molar-refractivity contribution is 7.80. The summed E-state index contributed by atoms with van der Waals surface area (Å²) in [5.41, 5.74) is 0. The van der Waals surface area contributed by atoms with Gasteiger partial charge in [-0.25, -0.2) is 0 Å². The van der Waals surface area contributed by atoms with Gasteiger partial charge >= 0.3 is 0 Å². The highest BCUT2D eigenvalue weighted by Crippen LogP contribution is 2.08. The Morgan fingerprint density at radius 3 is 1.38 bits per heavy atom. The van der Waals surface area contributed by atoms with Crippen LogP contribution in [0.1, 0.15) is 38.5 Å². The van der Waals surface area contributed by atoms with E-state index in [9.17, 15) is 0 Å². The van der Waals surface area contributed by atoms with Crippen LogP contribution >= 0.6 is 24.4 Å². The molecule has 0 aliphatic carbocycles. The number of unbranched alkanes of at least 4 members (excludes halogenated alkanes) is 3. The van der Waals surface area contributed by atoms with E-state index in [2.05, 4.69) is 0 Å². The number of thiocarbonyl (C=S) groups is 2. The summed E-state index contributed by atoms with van der Waals surface area (Å²) in [6.45, 7) is 0. The van der Waals surface area contributed by atoms with Crippen molar-refractivity contribution < 1.29 is 10.4 Å². The number of hydroxylamine groups is 4. The van der Waals surface area contributed by atoms with Crippen molar-refractivity contribution >= 4 is 34.4 Å². The van der Waals surface area contributed by atoms with Crippen LogP contribution in [0.2, 0.25) is 0 Å². The molecule has 0 aromatic rings. The van der Waals surface area contributed by atoms with Crippen molar-refractivity contribution in [3.63, 3.8) is 0 Å². The van der Waals surface area contributed by atoms with Gasteiger partial charge in [-0.2, -0.15) is 0 Å². The molecule has 0 rings (SSSR count). The van der Waals surface area contributed by atoms with Crippen LogP contribution in [0, 0.1) is 0 Å². The Bertz CT molecular complexity index is 209. The van der Waals surface area contributed by atoms with Crippen LogP contribution in [0.25, 0.3) is 0 Å². The summed E-state index contributed by atoms with van der Waals surface area (Å²) in [4.78, 5) is 1.15. The summed E-state index contributed by atoms with van der Waals surface area (Å²) in [7, 11) is 3.08. The van der Waals surface area contributed by atoms with Gasteiger partial charge in [-0.05, 0) is 12.8 Å². The Balaban J connectivity index is 3.35. The van der Waals surface area contributed by atoms with Crippen LogP contribution in [0.3, 0.4) is 0 Å². The highest BCUT2D eigenvalue weighted by atomic mass is 32.1. The molecule has 2 N–H and O–H groups in total. The Hall–Kier alpha value is -0.300. The van der Waals surface area contributed by atoms with E-state index in [0.29, 0.717) is 9.98 Å². The normalized spacial score (nSPS) is 10.0. The maximum Gasteiger partial charge on any atom is 0.103 e. The zero-order valence-electron chi connectivity index (χ0n) is 9.85. The molecule has 0 saturated carbocycles. The van der Waals surface area contributed by atoms with Gasteiger partial charge in [0.25, 0.3) is 0 Å². The van der Waals surface area contributed by atoms with Crippen molar-refractivity contribution in [1.29, 1.82) is 0 Å². The average Bonchev–Trinajstić information content (AvgIpc) is 2.21. The molecule has 0 radical (unpaired) electrons. The van der Waals surface area contributed by atoms with E-state index in [-0.39, 0.29) is 0 Å². The van der Waals surface area contributed by atoms with E-state index in [1.54, 1.807) is 0 Å². The first-order valence-corrected chi connectivity index (χ1v) is 6.17. The van der Waals surface area contributed by atoms with Gasteiger partial charge in [0, 0.05) is 26.9 Å². The lowest BCUT2D eigenvalue weighted by Gasteiger charge is -2.12. The molecule has 4 nitrogen and oxygen atoms in total. The van der Waals surface area contributed by atoms with Crippen molar-refractivity contribution in [2.24, 2.45) is 0 Å². The Morgan fingerprint density at radius 1 is 0.812 bits per heavy atom. The third-order valence-electron chi connectivity index (χ3n) is 2.25. The van der Waals surface area contributed by atoms with E-state index in [0.717, 1.165) is 48.7 Å². The van der Waals surface area contributed by atoms with Crippen molar-refractivity contribution in [2.45, 2.75) is 38.5 Å². The SMILES string of the molecule is CN(O)C(=S)CCCCCCC(=S)N(C)O. The summed E-state index contributed by atoms with van der Waals surface area (Å²) < 4.78 is 0. The summed E-state index contributed by atoms with van der Waals surface area (Å²) in [5.74, 6) is 0. The first-order chi connectivity index (χ1) is 7.45. The van der Waals surface area contributed by atoms with E-state index in [1.165, 1.54) is 14.1 Å². The lowest BCUT2D eigenvalue weighted by molar-refractivity contribution is 0.0138. The first-order valence-electron chi connectivity index (χ1n) is 5.36. The van der Waals surface area contributed by atoms with Crippen LogP contribution in [-0.4, -0.2) is 44.6 Å². The molecule has 0 aliphatic heterocycles. The van der Waals surface area contributed by atoms with Crippen LogP contribution in [0.15, 0.2) is 0 Å². The Kier molecular flexibility index (Phi) is 8.64. The molecule has 0 atom stereocenters. The molecular formula is C10H20N2O2S2. The van der Waals surface area contributed by atoms with E-state index < -0.39 is 0 Å². The number of nitrogens with zero attached hydrogens (tertiary/aromatic N) is 2. The molecule has 0 bridgehead atoms. The molecule has 0 amide bonds. The Labute approximate surface area is 108 Å². The van der Waals surface area contributed by atoms with Crippen LogP contribution in [-0.2, 0) is 0 Å². The molecule has 16 heavy (non-hydrogen) atoms. The van der Waals surface area contributed by atoms with Crippen molar-refractivity contribution in [3.8, 4) is 0 Å². The zero-order valence-corrected chi connectivity index (χ0v) is 11.5. The van der Waals surface area contributed by atoms with E-state index in [4.69, 9.17) is 34.9 Å². The lowest BCUT2D eigenvalue weighted by atomic mass is 10.1. The Morgan fingerprint density at radius 2 is 1.12 bits per heavy atom. The second-order valence-electron chi connectivity index (χ2n) is 3.75. The van der Waals surface area contributed by atoms with Crippen LogP contribution in [0.4, 0.5) is 0 Å². The summed E-state index contributed by atoms with van der Waals surface area (Å²) in [5, 5.41) is 20.0. The highest BCUT2D eigenvalue weighted by Gasteiger charge is 2.02. The fraction of sp³-hybridized carbons (Fsp3) is 0.800. The second kappa shape index (κ2) is 8.81. The largest absolute Gasteiger partial charge is 0.288 e. The van der Waals surface area contributed by atoms with Gasteiger partial charge in [0.2, 0.25) is 0 Å². The van der Waals surface area contributed by atoms with E-state index >= 15 is 0 Å². The van der Waals surface area contributed by atoms with Crippen molar-refractivity contribution in [3.05, 3.63) is 0 Å². The average molecular weight is 264 g/mol. The van der Waals surface area contributed by atoms with Gasteiger partial charge in [-0.15, -0.1) is 0 Å². The smallest absolute Gasteiger partial charge is 0.103 e. The van der Waals surface area contributed by atoms with Gasteiger partial charge in [0.05, 0.1) is 0 Å². The molecule has 0 unspecified atom stereocenters. The second-order valence-corrected chi connectivity index (χ2v) is 4.69. The standard InChI is InChI=1S/C10H20N2O2S2/c1-11(13)9(15)7-5-3-4-6-8-10(16)12(2)14/h13-14H,3-8H2,1-2H3. The number of rotatable bonds is 7. The van der Waals surface area contributed by atoms with E-state index in [1.807, 2.05) is 0 Å². The van der Waals surface area contributed by atoms with Gasteiger partial charge < -0.3 is 0 Å². The summed E-state index contributed by atoms with van der Waals surface area (Å²) in [6.07, 6.45) is 5.56. The number of hydrogen-bond donors (Lipinski definition) is 2. The minimum absolute atomic E-state index is 0.575. The fourth-order valence-electron chi connectivity index (χ4n) is 1.23. The molecule has 94 valence electrons. The fourth-order valence-corrected chi connectivity index (χ4v) is 1.52. The molecule has 6 heteroatoms. The molecule has 0 fully saturated rings. The van der Waals surface area contributed by atoms with Gasteiger partial charge in [-0.1, -0.05) is 37.3 Å². The van der Waals surface area contributed by atoms with Gasteiger partial charge in [-0.3, -0.25) is 20.5 Å². The molecule has 0 aliphatic rings. The van der Waals surface area contributed by atoms with Crippen molar-refractivity contribution in [2.75, 3.05) is 14.1 Å². The van der Waals surface area contributed by atoms with Gasteiger partial charge in [0.1, 0.15) is 9.98 Å². The lowest BCUT2D eigenvalue weighted by Crippen LogP contribution is -2.20. The molecule has 0 heterocycles. The number of hydrogen-bond acceptors (Lipinski definition) is 4. The first kappa shape index (κ1) is 15.7. The summed E-state index contributed by atoms with van der Waals surface area (Å²) in [6, 6.07) is 0. The molecular weight excluding hydrogens is 244 g/mol. The third-order valence-corrected chi connectivity index (χ3v) is 3.19. The molecule has 0 aromatic heterocycles. The molecule has 0 aromatic carbocycles. The zero-order chi connectivity index (χ0) is 12.6. The minimum atomic E-state index is 0.575. The topological polar surface area (TPSA) is 46.9 Å². The predicted molar refractivity (Wildman–Crippen MR) is 72.0 cm³/mol. The maximum atomic E-state index is 9.00. The van der Waals surface area contributed by atoms with Crippen LogP contribution < -0.4 is 0 Å². The summed E-state index contributed by atoms with van der Waals surface area (Å²) >= 11 is 9.89. The molecule has 0 saturated heterocycles. The maximum absolute atomic E-state index is 9.00. The monoisotopic (exact) mass is 264 g/mol. The third kappa shape index (κ3) is 7.92. The van der Waals surface area contributed by atoms with Crippen molar-refractivity contribution in [1.82, 2.24) is 10.1 Å². The van der Waals surface area contributed by atoms with Gasteiger partial charge in [0.15, 0.2) is 0 Å². The molecule has 0 spiro atoms. The predicted octanol–water partition coefficient (Wildman–Crippen LogP) is 2.62. The minimum Gasteiger partial charge on any atom is -0.288 e.